The second-order valence-corrected chi connectivity index (χ2v) is 5.58. The first-order chi connectivity index (χ1) is 10.2. The van der Waals surface area contributed by atoms with Crippen molar-refractivity contribution in [2.24, 2.45) is 0 Å². The van der Waals surface area contributed by atoms with E-state index in [-0.39, 0.29) is 11.9 Å². The summed E-state index contributed by atoms with van der Waals surface area (Å²) in [7, 11) is 2.02. The zero-order chi connectivity index (χ0) is 15.1. The smallest absolute Gasteiger partial charge is 0.314 e. The molecular formula is C17H26N2O2. The topological polar surface area (TPSA) is 41.6 Å². The van der Waals surface area contributed by atoms with Crippen LogP contribution in [-0.2, 0) is 9.53 Å². The van der Waals surface area contributed by atoms with Gasteiger partial charge in [0.25, 0.3) is 0 Å². The summed E-state index contributed by atoms with van der Waals surface area (Å²) in [4.78, 5) is 14.7. The number of piperidine rings is 1. The highest BCUT2D eigenvalue weighted by Gasteiger charge is 2.27. The van der Waals surface area contributed by atoms with Gasteiger partial charge in [-0.05, 0) is 45.5 Å². The van der Waals surface area contributed by atoms with Crippen molar-refractivity contribution in [2.75, 3.05) is 33.3 Å². The van der Waals surface area contributed by atoms with Crippen LogP contribution in [0.4, 0.5) is 0 Å². The van der Waals surface area contributed by atoms with Crippen LogP contribution in [0.15, 0.2) is 30.3 Å². The maximum atomic E-state index is 12.3. The lowest BCUT2D eigenvalue weighted by Crippen LogP contribution is -2.43. The minimum Gasteiger partial charge on any atom is -0.465 e. The molecule has 0 aromatic heterocycles. The average Bonchev–Trinajstić information content (AvgIpc) is 2.54. The number of ether oxygens (including phenoxy) is 1. The van der Waals surface area contributed by atoms with Gasteiger partial charge >= 0.3 is 5.97 Å². The van der Waals surface area contributed by atoms with Crippen molar-refractivity contribution in [1.29, 1.82) is 0 Å². The first-order valence-electron chi connectivity index (χ1n) is 7.85. The Balaban J connectivity index is 2.01. The normalized spacial score (nSPS) is 18.4. The molecule has 4 nitrogen and oxygen atoms in total. The largest absolute Gasteiger partial charge is 0.465 e. The molecule has 1 N–H and O–H groups in total. The number of nitrogens with zero attached hydrogens (tertiary/aromatic N) is 1. The number of carbonyl (C=O) groups is 1. The Morgan fingerprint density at radius 3 is 2.57 bits per heavy atom. The monoisotopic (exact) mass is 290 g/mol. The van der Waals surface area contributed by atoms with E-state index in [1.807, 2.05) is 44.3 Å². The fraction of sp³-hybridized carbons (Fsp3) is 0.588. The number of hydrogen-bond acceptors (Lipinski definition) is 4. The van der Waals surface area contributed by atoms with Gasteiger partial charge in [0.2, 0.25) is 0 Å². The third kappa shape index (κ3) is 4.55. The third-order valence-electron chi connectivity index (χ3n) is 4.21. The molecule has 1 aromatic carbocycles. The molecule has 4 heteroatoms. The van der Waals surface area contributed by atoms with Gasteiger partial charge < -0.3 is 15.0 Å². The third-order valence-corrected chi connectivity index (χ3v) is 4.21. The number of nitrogens with one attached hydrogen (secondary N) is 1. The number of likely N-dealkylation sites (tertiary alicyclic amines) is 1. The number of rotatable bonds is 6. The van der Waals surface area contributed by atoms with Gasteiger partial charge in [-0.25, -0.2) is 0 Å². The van der Waals surface area contributed by atoms with Crippen LogP contribution in [0.1, 0.15) is 31.2 Å². The van der Waals surface area contributed by atoms with Gasteiger partial charge in [-0.1, -0.05) is 30.3 Å². The zero-order valence-electron chi connectivity index (χ0n) is 13.0. The molecule has 0 amide bonds. The van der Waals surface area contributed by atoms with Gasteiger partial charge in [-0.15, -0.1) is 0 Å². The zero-order valence-corrected chi connectivity index (χ0v) is 13.0. The molecule has 0 saturated carbocycles. The molecule has 21 heavy (non-hydrogen) atoms. The summed E-state index contributed by atoms with van der Waals surface area (Å²) in [5, 5.41) is 3.33. The second kappa shape index (κ2) is 8.15. The highest BCUT2D eigenvalue weighted by molar-refractivity contribution is 5.78. The number of benzene rings is 1. The molecule has 0 bridgehead atoms. The van der Waals surface area contributed by atoms with Crippen molar-refractivity contribution < 1.29 is 9.53 Å². The molecule has 1 aromatic rings. The molecule has 1 heterocycles. The SMILES string of the molecule is CCOC(=O)C(CN1CCC(NC)CC1)c1ccccc1. The minimum absolute atomic E-state index is 0.112. The lowest BCUT2D eigenvalue weighted by molar-refractivity contribution is -0.145. The van der Waals surface area contributed by atoms with Gasteiger partial charge in [0.05, 0.1) is 12.5 Å². The van der Waals surface area contributed by atoms with E-state index in [4.69, 9.17) is 4.74 Å². The maximum Gasteiger partial charge on any atom is 0.314 e. The van der Waals surface area contributed by atoms with Crippen LogP contribution >= 0.6 is 0 Å². The Kier molecular flexibility index (Phi) is 6.21. The van der Waals surface area contributed by atoms with Crippen LogP contribution in [-0.4, -0.2) is 50.2 Å². The highest BCUT2D eigenvalue weighted by atomic mass is 16.5. The molecule has 1 aliphatic heterocycles. The van der Waals surface area contributed by atoms with Crippen LogP contribution in [0, 0.1) is 0 Å². The van der Waals surface area contributed by atoms with E-state index < -0.39 is 0 Å². The van der Waals surface area contributed by atoms with Crippen LogP contribution in [0.3, 0.4) is 0 Å². The molecule has 1 aliphatic rings. The van der Waals surface area contributed by atoms with Crippen molar-refractivity contribution >= 4 is 5.97 Å². The van der Waals surface area contributed by atoms with Crippen LogP contribution in [0.25, 0.3) is 0 Å². The van der Waals surface area contributed by atoms with E-state index in [2.05, 4.69) is 10.2 Å². The lowest BCUT2D eigenvalue weighted by Gasteiger charge is -2.33. The maximum absolute atomic E-state index is 12.3. The Bertz CT molecular complexity index is 428. The van der Waals surface area contributed by atoms with E-state index >= 15 is 0 Å². The Labute approximate surface area is 127 Å². The van der Waals surface area contributed by atoms with Crippen molar-refractivity contribution in [2.45, 2.75) is 31.7 Å². The minimum atomic E-state index is -0.183. The summed E-state index contributed by atoms with van der Waals surface area (Å²) in [5.74, 6) is -0.295. The van der Waals surface area contributed by atoms with E-state index in [1.165, 1.54) is 0 Å². The average molecular weight is 290 g/mol. The molecule has 0 radical (unpaired) electrons. The lowest BCUT2D eigenvalue weighted by atomic mass is 9.96. The highest BCUT2D eigenvalue weighted by Crippen LogP contribution is 2.21. The number of carbonyl (C=O) groups excluding carboxylic acids is 1. The molecule has 1 unspecified atom stereocenters. The predicted octanol–water partition coefficient (Wildman–Crippen LogP) is 2.02. The first kappa shape index (κ1) is 16.0. The van der Waals surface area contributed by atoms with Crippen LogP contribution in [0.2, 0.25) is 0 Å². The van der Waals surface area contributed by atoms with E-state index in [0.717, 1.165) is 38.0 Å². The second-order valence-electron chi connectivity index (χ2n) is 5.58. The Morgan fingerprint density at radius 1 is 1.33 bits per heavy atom. The molecule has 116 valence electrons. The fourth-order valence-corrected chi connectivity index (χ4v) is 2.91. The summed E-state index contributed by atoms with van der Waals surface area (Å²) in [6, 6.07) is 10.6. The van der Waals surface area contributed by atoms with Crippen molar-refractivity contribution in [3.05, 3.63) is 35.9 Å². The molecule has 2 rings (SSSR count). The van der Waals surface area contributed by atoms with Crippen molar-refractivity contribution in [3.8, 4) is 0 Å². The van der Waals surface area contributed by atoms with Gasteiger partial charge in [0.1, 0.15) is 0 Å². The summed E-state index contributed by atoms with van der Waals surface area (Å²) in [6.07, 6.45) is 2.28. The molecule has 1 atom stereocenters. The Hall–Kier alpha value is -1.39. The molecular weight excluding hydrogens is 264 g/mol. The van der Waals surface area contributed by atoms with Crippen LogP contribution in [0.5, 0.6) is 0 Å². The van der Waals surface area contributed by atoms with E-state index in [9.17, 15) is 4.79 Å². The number of esters is 1. The Morgan fingerprint density at radius 2 is 2.00 bits per heavy atom. The summed E-state index contributed by atoms with van der Waals surface area (Å²) in [5.41, 5.74) is 1.05. The van der Waals surface area contributed by atoms with Crippen molar-refractivity contribution in [3.63, 3.8) is 0 Å². The van der Waals surface area contributed by atoms with Gasteiger partial charge in [0.15, 0.2) is 0 Å². The van der Waals surface area contributed by atoms with Gasteiger partial charge in [-0.3, -0.25) is 4.79 Å². The molecule has 0 spiro atoms. The van der Waals surface area contributed by atoms with E-state index in [1.54, 1.807) is 0 Å². The predicted molar refractivity (Wildman–Crippen MR) is 84.3 cm³/mol. The molecule has 1 saturated heterocycles. The standard InChI is InChI=1S/C17H26N2O2/c1-3-21-17(20)16(14-7-5-4-6-8-14)13-19-11-9-15(18-2)10-12-19/h4-8,15-16,18H,3,9-13H2,1-2H3. The molecule has 1 fully saturated rings. The summed E-state index contributed by atoms with van der Waals surface area (Å²) >= 11 is 0. The van der Waals surface area contributed by atoms with Gasteiger partial charge in [-0.2, -0.15) is 0 Å². The van der Waals surface area contributed by atoms with E-state index in [0.29, 0.717) is 12.6 Å². The number of hydrogen-bond donors (Lipinski definition) is 1. The summed E-state index contributed by atoms with van der Waals surface area (Å²) < 4.78 is 5.26. The van der Waals surface area contributed by atoms with Crippen molar-refractivity contribution in [1.82, 2.24) is 10.2 Å². The fourth-order valence-electron chi connectivity index (χ4n) is 2.91. The quantitative estimate of drug-likeness (QED) is 0.814. The van der Waals surface area contributed by atoms with Crippen LogP contribution < -0.4 is 5.32 Å². The molecule has 0 aliphatic carbocycles. The van der Waals surface area contributed by atoms with Gasteiger partial charge in [0, 0.05) is 12.6 Å². The summed E-state index contributed by atoms with van der Waals surface area (Å²) in [6.45, 7) is 5.12. The first-order valence-corrected chi connectivity index (χ1v) is 7.85.